The van der Waals surface area contributed by atoms with E-state index in [9.17, 15) is 9.59 Å². The first-order valence-corrected chi connectivity index (χ1v) is 5.98. The SMILES string of the molecule is Cc1nnc(NC(=O)CN2CCCCC2C=O)o1. The van der Waals surface area contributed by atoms with Crippen LogP contribution in [0.3, 0.4) is 0 Å². The Morgan fingerprint density at radius 1 is 1.56 bits per heavy atom. The Morgan fingerprint density at radius 3 is 3.06 bits per heavy atom. The molecule has 0 spiro atoms. The normalized spacial score (nSPS) is 20.6. The molecule has 1 aromatic heterocycles. The van der Waals surface area contributed by atoms with E-state index in [4.69, 9.17) is 4.42 Å². The third-order valence-corrected chi connectivity index (χ3v) is 2.94. The molecule has 1 fully saturated rings. The van der Waals surface area contributed by atoms with Gasteiger partial charge >= 0.3 is 6.01 Å². The number of hydrogen-bond donors (Lipinski definition) is 1. The Labute approximate surface area is 105 Å². The van der Waals surface area contributed by atoms with Crippen LogP contribution in [0.15, 0.2) is 4.42 Å². The average Bonchev–Trinajstić information content (AvgIpc) is 2.75. The number of carbonyl (C=O) groups is 2. The van der Waals surface area contributed by atoms with Crippen LogP contribution in [0.4, 0.5) is 6.01 Å². The standard InChI is InChI=1S/C11H16N4O3/c1-8-13-14-11(18-8)12-10(17)6-15-5-3-2-4-9(15)7-16/h7,9H,2-6H2,1H3,(H,12,14,17). The molecule has 0 aromatic carbocycles. The van der Waals surface area contributed by atoms with Crippen molar-refractivity contribution in [1.29, 1.82) is 0 Å². The number of hydrogen-bond acceptors (Lipinski definition) is 6. The van der Waals surface area contributed by atoms with E-state index in [2.05, 4.69) is 15.5 Å². The summed E-state index contributed by atoms with van der Waals surface area (Å²) < 4.78 is 5.05. The number of carbonyl (C=O) groups excluding carboxylic acids is 2. The molecule has 98 valence electrons. The van der Waals surface area contributed by atoms with E-state index in [0.717, 1.165) is 32.1 Å². The molecule has 2 heterocycles. The molecule has 7 nitrogen and oxygen atoms in total. The van der Waals surface area contributed by atoms with Gasteiger partial charge in [-0.05, 0) is 19.4 Å². The molecule has 0 radical (unpaired) electrons. The third kappa shape index (κ3) is 3.13. The summed E-state index contributed by atoms with van der Waals surface area (Å²) in [5, 5.41) is 9.82. The summed E-state index contributed by atoms with van der Waals surface area (Å²) in [4.78, 5) is 24.5. The van der Waals surface area contributed by atoms with Crippen molar-refractivity contribution < 1.29 is 14.0 Å². The summed E-state index contributed by atoms with van der Waals surface area (Å²) in [5.41, 5.74) is 0. The minimum Gasteiger partial charge on any atom is -0.408 e. The van der Waals surface area contributed by atoms with Crippen molar-refractivity contribution >= 4 is 18.2 Å². The van der Waals surface area contributed by atoms with Crippen LogP contribution >= 0.6 is 0 Å². The summed E-state index contributed by atoms with van der Waals surface area (Å²) in [5.74, 6) is 0.154. The van der Waals surface area contributed by atoms with Crippen LogP contribution in [0.5, 0.6) is 0 Å². The topological polar surface area (TPSA) is 88.3 Å². The quantitative estimate of drug-likeness (QED) is 0.779. The van der Waals surface area contributed by atoms with Gasteiger partial charge in [-0.15, -0.1) is 5.10 Å². The van der Waals surface area contributed by atoms with Gasteiger partial charge in [-0.25, -0.2) is 0 Å². The van der Waals surface area contributed by atoms with Crippen molar-refractivity contribution in [2.24, 2.45) is 0 Å². The molecule has 1 saturated heterocycles. The van der Waals surface area contributed by atoms with Gasteiger partial charge in [0.05, 0.1) is 12.6 Å². The molecule has 1 unspecified atom stereocenters. The Hall–Kier alpha value is -1.76. The molecule has 0 saturated carbocycles. The zero-order valence-corrected chi connectivity index (χ0v) is 10.3. The Morgan fingerprint density at radius 2 is 2.39 bits per heavy atom. The fourth-order valence-electron chi connectivity index (χ4n) is 2.06. The van der Waals surface area contributed by atoms with Crippen molar-refractivity contribution in [2.75, 3.05) is 18.4 Å². The van der Waals surface area contributed by atoms with Crippen LogP contribution in [0.2, 0.25) is 0 Å². The smallest absolute Gasteiger partial charge is 0.322 e. The number of amides is 1. The number of nitrogens with zero attached hydrogens (tertiary/aromatic N) is 3. The van der Waals surface area contributed by atoms with Crippen molar-refractivity contribution in [3.05, 3.63) is 5.89 Å². The number of nitrogens with one attached hydrogen (secondary N) is 1. The maximum absolute atomic E-state index is 11.8. The zero-order chi connectivity index (χ0) is 13.0. The van der Waals surface area contributed by atoms with E-state index in [0.29, 0.717) is 5.89 Å². The largest absolute Gasteiger partial charge is 0.408 e. The summed E-state index contributed by atoms with van der Waals surface area (Å²) in [6, 6.07) is -0.0638. The molecular weight excluding hydrogens is 236 g/mol. The van der Waals surface area contributed by atoms with Gasteiger partial charge < -0.3 is 9.21 Å². The summed E-state index contributed by atoms with van der Waals surface area (Å²) in [6.07, 6.45) is 3.77. The highest BCUT2D eigenvalue weighted by atomic mass is 16.4. The van der Waals surface area contributed by atoms with Crippen molar-refractivity contribution in [3.8, 4) is 0 Å². The number of anilines is 1. The lowest BCUT2D eigenvalue weighted by Gasteiger charge is -2.31. The molecule has 1 N–H and O–H groups in total. The van der Waals surface area contributed by atoms with Gasteiger partial charge in [0.25, 0.3) is 0 Å². The maximum atomic E-state index is 11.8. The second-order valence-electron chi connectivity index (χ2n) is 4.34. The van der Waals surface area contributed by atoms with E-state index in [-0.39, 0.29) is 24.5 Å². The minimum absolute atomic E-state index is 0.0946. The molecule has 7 heteroatoms. The Bertz CT molecular complexity index is 432. The Balaban J connectivity index is 1.88. The van der Waals surface area contributed by atoms with Crippen LogP contribution in [0, 0.1) is 6.92 Å². The molecule has 1 amide bonds. The molecule has 1 atom stereocenters. The third-order valence-electron chi connectivity index (χ3n) is 2.94. The lowest BCUT2D eigenvalue weighted by atomic mass is 10.0. The molecule has 2 rings (SSSR count). The van der Waals surface area contributed by atoms with Crippen LogP contribution in [-0.2, 0) is 9.59 Å². The molecule has 1 aliphatic heterocycles. The second-order valence-corrected chi connectivity index (χ2v) is 4.34. The minimum atomic E-state index is -0.243. The number of likely N-dealkylation sites (tertiary alicyclic amines) is 1. The van der Waals surface area contributed by atoms with Gasteiger partial charge in [0, 0.05) is 6.92 Å². The molecular formula is C11H16N4O3. The molecule has 0 aliphatic carbocycles. The second kappa shape index (κ2) is 5.72. The average molecular weight is 252 g/mol. The first-order chi connectivity index (χ1) is 8.69. The Kier molecular flexibility index (Phi) is 4.03. The van der Waals surface area contributed by atoms with E-state index in [1.807, 2.05) is 4.90 Å². The first-order valence-electron chi connectivity index (χ1n) is 5.98. The predicted octanol–water partition coefficient (Wildman–Crippen LogP) is 0.370. The number of rotatable bonds is 4. The van der Waals surface area contributed by atoms with E-state index >= 15 is 0 Å². The number of aldehydes is 1. The van der Waals surface area contributed by atoms with Crippen molar-refractivity contribution in [2.45, 2.75) is 32.2 Å². The zero-order valence-electron chi connectivity index (χ0n) is 10.3. The van der Waals surface area contributed by atoms with Gasteiger partial charge in [0.15, 0.2) is 0 Å². The van der Waals surface area contributed by atoms with Gasteiger partial charge in [-0.1, -0.05) is 11.5 Å². The number of aromatic nitrogens is 2. The maximum Gasteiger partial charge on any atom is 0.322 e. The van der Waals surface area contributed by atoms with E-state index in [1.165, 1.54) is 0 Å². The van der Waals surface area contributed by atoms with E-state index in [1.54, 1.807) is 6.92 Å². The first kappa shape index (κ1) is 12.7. The molecule has 0 bridgehead atoms. The van der Waals surface area contributed by atoms with E-state index < -0.39 is 0 Å². The highest BCUT2D eigenvalue weighted by Crippen LogP contribution is 2.15. The highest BCUT2D eigenvalue weighted by Gasteiger charge is 2.24. The van der Waals surface area contributed by atoms with Crippen LogP contribution < -0.4 is 5.32 Å². The lowest BCUT2D eigenvalue weighted by Crippen LogP contribution is -2.44. The molecule has 18 heavy (non-hydrogen) atoms. The fourth-order valence-corrected chi connectivity index (χ4v) is 2.06. The fraction of sp³-hybridized carbons (Fsp3) is 0.636. The van der Waals surface area contributed by atoms with Gasteiger partial charge in [0.1, 0.15) is 6.29 Å². The van der Waals surface area contributed by atoms with Crippen molar-refractivity contribution in [1.82, 2.24) is 15.1 Å². The number of aryl methyl sites for hydroxylation is 1. The van der Waals surface area contributed by atoms with Gasteiger partial charge in [-0.2, -0.15) is 0 Å². The summed E-state index contributed by atoms with van der Waals surface area (Å²) in [7, 11) is 0. The summed E-state index contributed by atoms with van der Waals surface area (Å²) in [6.45, 7) is 2.58. The van der Waals surface area contributed by atoms with Crippen LogP contribution in [0.25, 0.3) is 0 Å². The molecule has 1 aromatic rings. The highest BCUT2D eigenvalue weighted by molar-refractivity contribution is 5.90. The van der Waals surface area contributed by atoms with Crippen LogP contribution in [0.1, 0.15) is 25.2 Å². The van der Waals surface area contributed by atoms with Gasteiger partial charge in [0.2, 0.25) is 11.8 Å². The molecule has 1 aliphatic rings. The monoisotopic (exact) mass is 252 g/mol. The lowest BCUT2D eigenvalue weighted by molar-refractivity contribution is -0.120. The summed E-state index contributed by atoms with van der Waals surface area (Å²) >= 11 is 0. The van der Waals surface area contributed by atoms with Crippen molar-refractivity contribution in [3.63, 3.8) is 0 Å². The number of piperidine rings is 1. The van der Waals surface area contributed by atoms with Crippen LogP contribution in [-0.4, -0.2) is 46.4 Å². The predicted molar refractivity (Wildman–Crippen MR) is 62.9 cm³/mol. The van der Waals surface area contributed by atoms with Gasteiger partial charge in [-0.3, -0.25) is 15.0 Å².